The third-order valence-corrected chi connectivity index (χ3v) is 1.85. The minimum absolute atomic E-state index is 0.444. The summed E-state index contributed by atoms with van der Waals surface area (Å²) in [7, 11) is 0. The molecular formula is C5H6Cl2O2. The Hall–Kier alpha value is 0.0500. The Kier molecular flexibility index (Phi) is 1.87. The fourth-order valence-corrected chi connectivity index (χ4v) is 1.04. The molecule has 1 heterocycles. The van der Waals surface area contributed by atoms with Gasteiger partial charge < -0.3 is 4.74 Å². The molecule has 1 fully saturated rings. The molecule has 0 bridgehead atoms. The van der Waals surface area contributed by atoms with E-state index in [4.69, 9.17) is 23.2 Å². The topological polar surface area (TPSA) is 26.3 Å². The first-order valence-electron chi connectivity index (χ1n) is 2.68. The number of hydrogen-bond donors (Lipinski definition) is 0. The summed E-state index contributed by atoms with van der Waals surface area (Å²) in [5.41, 5.74) is 0. The van der Waals surface area contributed by atoms with Gasteiger partial charge in [-0.15, -0.1) is 0 Å². The zero-order chi connectivity index (χ0) is 6.91. The lowest BCUT2D eigenvalue weighted by atomic mass is 10.2. The van der Waals surface area contributed by atoms with Gasteiger partial charge in [0.05, 0.1) is 6.61 Å². The number of alkyl halides is 2. The highest BCUT2D eigenvalue weighted by molar-refractivity contribution is 6.57. The summed E-state index contributed by atoms with van der Waals surface area (Å²) in [6, 6.07) is 0. The standard InChI is InChI=1S/C5H6Cl2O2/c6-5(7)2-1-3-9-4(5)8/h1-3H2. The molecule has 0 radical (unpaired) electrons. The molecule has 2 nitrogen and oxygen atoms in total. The van der Waals surface area contributed by atoms with E-state index in [1.165, 1.54) is 0 Å². The number of rotatable bonds is 0. The van der Waals surface area contributed by atoms with Gasteiger partial charge in [-0.1, -0.05) is 23.2 Å². The van der Waals surface area contributed by atoms with E-state index in [2.05, 4.69) is 4.74 Å². The van der Waals surface area contributed by atoms with Gasteiger partial charge >= 0.3 is 5.97 Å². The summed E-state index contributed by atoms with van der Waals surface area (Å²) >= 11 is 11.0. The SMILES string of the molecule is O=C1OCCCC1(Cl)Cl. The third-order valence-electron chi connectivity index (χ3n) is 1.17. The van der Waals surface area contributed by atoms with E-state index in [1.807, 2.05) is 0 Å². The highest BCUT2D eigenvalue weighted by Gasteiger charge is 2.37. The number of hydrogen-bond acceptors (Lipinski definition) is 2. The fraction of sp³-hybridized carbons (Fsp3) is 0.800. The van der Waals surface area contributed by atoms with Gasteiger partial charge in [0, 0.05) is 0 Å². The van der Waals surface area contributed by atoms with Crippen molar-refractivity contribution in [3.05, 3.63) is 0 Å². The molecule has 1 aliphatic heterocycles. The van der Waals surface area contributed by atoms with E-state index in [1.54, 1.807) is 0 Å². The number of carbonyl (C=O) groups is 1. The van der Waals surface area contributed by atoms with Gasteiger partial charge in [0.25, 0.3) is 0 Å². The molecule has 52 valence electrons. The summed E-state index contributed by atoms with van der Waals surface area (Å²) in [5.74, 6) is -0.517. The summed E-state index contributed by atoms with van der Waals surface area (Å²) in [5, 5.41) is 0. The maximum Gasteiger partial charge on any atom is 0.342 e. The maximum absolute atomic E-state index is 10.6. The molecule has 1 rings (SSSR count). The molecule has 0 amide bonds. The Morgan fingerprint density at radius 3 is 2.56 bits per heavy atom. The van der Waals surface area contributed by atoms with Crippen LogP contribution in [0.1, 0.15) is 12.8 Å². The van der Waals surface area contributed by atoms with Crippen LogP contribution < -0.4 is 0 Å². The van der Waals surface area contributed by atoms with Crippen LogP contribution in [0.3, 0.4) is 0 Å². The average Bonchev–Trinajstić information content (AvgIpc) is 1.77. The van der Waals surface area contributed by atoms with Gasteiger partial charge in [0.2, 0.25) is 4.33 Å². The first-order valence-corrected chi connectivity index (χ1v) is 3.43. The highest BCUT2D eigenvalue weighted by atomic mass is 35.5. The minimum Gasteiger partial charge on any atom is -0.463 e. The Morgan fingerprint density at radius 2 is 2.22 bits per heavy atom. The molecule has 0 N–H and O–H groups in total. The molecule has 0 aromatic carbocycles. The molecule has 0 atom stereocenters. The van der Waals surface area contributed by atoms with Crippen molar-refractivity contribution in [2.45, 2.75) is 17.2 Å². The molecule has 0 spiro atoms. The normalized spacial score (nSPS) is 25.3. The average molecular weight is 169 g/mol. The lowest BCUT2D eigenvalue weighted by Gasteiger charge is -2.22. The second kappa shape index (κ2) is 2.35. The molecule has 0 aromatic heterocycles. The lowest BCUT2D eigenvalue weighted by Crippen LogP contribution is -2.33. The van der Waals surface area contributed by atoms with Crippen LogP contribution in [-0.2, 0) is 9.53 Å². The van der Waals surface area contributed by atoms with Gasteiger partial charge in [-0.05, 0) is 12.8 Å². The van der Waals surface area contributed by atoms with E-state index in [0.29, 0.717) is 13.0 Å². The van der Waals surface area contributed by atoms with Crippen molar-refractivity contribution in [1.29, 1.82) is 0 Å². The van der Waals surface area contributed by atoms with Crippen molar-refractivity contribution in [3.63, 3.8) is 0 Å². The predicted octanol–water partition coefficient (Wildman–Crippen LogP) is 1.50. The van der Waals surface area contributed by atoms with Crippen LogP contribution in [0.2, 0.25) is 0 Å². The number of esters is 1. The molecule has 0 aliphatic carbocycles. The molecule has 4 heteroatoms. The Labute approximate surface area is 63.1 Å². The Balaban J connectivity index is 2.60. The molecule has 1 aliphatic rings. The van der Waals surface area contributed by atoms with Crippen molar-refractivity contribution < 1.29 is 9.53 Å². The molecule has 9 heavy (non-hydrogen) atoms. The molecular weight excluding hydrogens is 163 g/mol. The van der Waals surface area contributed by atoms with Crippen LogP contribution in [-0.4, -0.2) is 16.9 Å². The Morgan fingerprint density at radius 1 is 1.56 bits per heavy atom. The lowest BCUT2D eigenvalue weighted by molar-refractivity contribution is -0.147. The van der Waals surface area contributed by atoms with Gasteiger partial charge in [0.1, 0.15) is 0 Å². The van der Waals surface area contributed by atoms with Gasteiger partial charge in [0.15, 0.2) is 0 Å². The van der Waals surface area contributed by atoms with Crippen molar-refractivity contribution in [1.82, 2.24) is 0 Å². The second-order valence-corrected chi connectivity index (χ2v) is 3.43. The van der Waals surface area contributed by atoms with Crippen molar-refractivity contribution in [3.8, 4) is 0 Å². The quantitative estimate of drug-likeness (QED) is 0.405. The predicted molar refractivity (Wildman–Crippen MR) is 34.6 cm³/mol. The van der Waals surface area contributed by atoms with E-state index in [9.17, 15) is 4.79 Å². The monoisotopic (exact) mass is 168 g/mol. The van der Waals surface area contributed by atoms with Crippen molar-refractivity contribution in [2.75, 3.05) is 6.61 Å². The highest BCUT2D eigenvalue weighted by Crippen LogP contribution is 2.31. The largest absolute Gasteiger partial charge is 0.463 e. The molecule has 0 aromatic rings. The molecule has 0 saturated carbocycles. The van der Waals surface area contributed by atoms with E-state index >= 15 is 0 Å². The Bertz CT molecular complexity index is 133. The van der Waals surface area contributed by atoms with E-state index < -0.39 is 10.3 Å². The van der Waals surface area contributed by atoms with Crippen LogP contribution in [0.5, 0.6) is 0 Å². The van der Waals surface area contributed by atoms with E-state index in [0.717, 1.165) is 6.42 Å². The van der Waals surface area contributed by atoms with Crippen LogP contribution >= 0.6 is 23.2 Å². The fourth-order valence-electron chi connectivity index (χ4n) is 0.667. The third kappa shape index (κ3) is 1.49. The number of carbonyl (C=O) groups excluding carboxylic acids is 1. The first kappa shape index (κ1) is 7.16. The van der Waals surface area contributed by atoms with Crippen LogP contribution in [0.25, 0.3) is 0 Å². The zero-order valence-corrected chi connectivity index (χ0v) is 6.21. The first-order chi connectivity index (χ1) is 4.13. The van der Waals surface area contributed by atoms with Gasteiger partial charge in [-0.2, -0.15) is 0 Å². The number of cyclic esters (lactones) is 1. The smallest absolute Gasteiger partial charge is 0.342 e. The van der Waals surface area contributed by atoms with Crippen LogP contribution in [0.15, 0.2) is 0 Å². The van der Waals surface area contributed by atoms with Gasteiger partial charge in [-0.3, -0.25) is 0 Å². The van der Waals surface area contributed by atoms with Crippen LogP contribution in [0, 0.1) is 0 Å². The number of halogens is 2. The summed E-state index contributed by atoms with van der Waals surface area (Å²) < 4.78 is 3.31. The van der Waals surface area contributed by atoms with Crippen molar-refractivity contribution in [2.24, 2.45) is 0 Å². The maximum atomic E-state index is 10.6. The summed E-state index contributed by atoms with van der Waals surface area (Å²) in [6.45, 7) is 0.444. The molecule has 0 unspecified atom stereocenters. The summed E-state index contributed by atoms with van der Waals surface area (Å²) in [4.78, 5) is 10.6. The van der Waals surface area contributed by atoms with E-state index in [-0.39, 0.29) is 0 Å². The minimum atomic E-state index is -1.28. The van der Waals surface area contributed by atoms with Crippen molar-refractivity contribution >= 4 is 29.2 Å². The number of ether oxygens (including phenoxy) is 1. The zero-order valence-electron chi connectivity index (χ0n) is 4.69. The summed E-state index contributed by atoms with van der Waals surface area (Å²) in [6.07, 6.45) is 1.24. The molecule has 1 saturated heterocycles. The van der Waals surface area contributed by atoms with Gasteiger partial charge in [-0.25, -0.2) is 4.79 Å². The second-order valence-electron chi connectivity index (χ2n) is 1.94. The van der Waals surface area contributed by atoms with Crippen LogP contribution in [0.4, 0.5) is 0 Å².